The summed E-state index contributed by atoms with van der Waals surface area (Å²) >= 11 is 5.99. The van der Waals surface area contributed by atoms with Crippen LogP contribution >= 0.6 is 11.6 Å². The Balaban J connectivity index is 1.82. The molecule has 1 aromatic heterocycles. The number of aromatic amines is 1. The zero-order chi connectivity index (χ0) is 21.3. The van der Waals surface area contributed by atoms with Gasteiger partial charge in [-0.3, -0.25) is 9.59 Å². The van der Waals surface area contributed by atoms with Crippen molar-refractivity contribution in [3.63, 3.8) is 0 Å². The number of halogens is 3. The summed E-state index contributed by atoms with van der Waals surface area (Å²) in [5.74, 6) is -3.21. The molecule has 0 fully saturated rings. The molecule has 1 heterocycles. The molecule has 1 unspecified atom stereocenters. The third-order valence-electron chi connectivity index (χ3n) is 4.79. The van der Waals surface area contributed by atoms with Gasteiger partial charge in [0.25, 0.3) is 5.91 Å². The van der Waals surface area contributed by atoms with Gasteiger partial charge in [-0.2, -0.15) is 0 Å². The molecule has 0 saturated carbocycles. The number of benzene rings is 3. The van der Waals surface area contributed by atoms with Gasteiger partial charge in [-0.25, -0.2) is 8.78 Å². The van der Waals surface area contributed by atoms with Gasteiger partial charge < -0.3 is 10.3 Å². The summed E-state index contributed by atoms with van der Waals surface area (Å²) in [4.78, 5) is 28.9. The molecule has 3 aromatic carbocycles. The largest absolute Gasteiger partial charge is 0.361 e. The first kappa shape index (κ1) is 19.8. The first-order valence-electron chi connectivity index (χ1n) is 9.06. The van der Waals surface area contributed by atoms with Crippen molar-refractivity contribution in [3.05, 3.63) is 116 Å². The Morgan fingerprint density at radius 3 is 2.53 bits per heavy atom. The van der Waals surface area contributed by atoms with Crippen molar-refractivity contribution in [1.29, 1.82) is 0 Å². The number of carbonyl (C=O) groups excluding carboxylic acids is 1. The molecule has 0 aliphatic heterocycles. The second kappa shape index (κ2) is 8.08. The molecule has 1 atom stereocenters. The topological polar surface area (TPSA) is 62.0 Å². The third-order valence-corrected chi connectivity index (χ3v) is 5.02. The van der Waals surface area contributed by atoms with Crippen molar-refractivity contribution >= 4 is 28.4 Å². The van der Waals surface area contributed by atoms with E-state index >= 15 is 0 Å². The number of H-pyrrole nitrogens is 1. The summed E-state index contributed by atoms with van der Waals surface area (Å²) in [6.07, 6.45) is 1.49. The molecular formula is C23H15ClF2N2O2. The Morgan fingerprint density at radius 1 is 1.00 bits per heavy atom. The van der Waals surface area contributed by atoms with E-state index in [1.54, 1.807) is 48.5 Å². The van der Waals surface area contributed by atoms with Crippen molar-refractivity contribution < 1.29 is 13.6 Å². The molecule has 0 spiro atoms. The maximum Gasteiger partial charge on any atom is 0.255 e. The van der Waals surface area contributed by atoms with Crippen LogP contribution in [0.25, 0.3) is 10.9 Å². The minimum atomic E-state index is -1.25. The molecule has 150 valence electrons. The zero-order valence-electron chi connectivity index (χ0n) is 15.5. The summed E-state index contributed by atoms with van der Waals surface area (Å²) in [5, 5.41) is 3.52. The predicted octanol–water partition coefficient (Wildman–Crippen LogP) is 4.98. The van der Waals surface area contributed by atoms with Crippen molar-refractivity contribution in [1.82, 2.24) is 10.3 Å². The molecule has 0 saturated heterocycles. The highest BCUT2D eigenvalue weighted by Crippen LogP contribution is 2.23. The Bertz CT molecular complexity index is 1310. The Hall–Kier alpha value is -3.51. The third kappa shape index (κ3) is 3.69. The molecule has 0 bridgehead atoms. The minimum absolute atomic E-state index is 0.251. The number of carbonyl (C=O) groups is 1. The van der Waals surface area contributed by atoms with Gasteiger partial charge in [-0.05, 0) is 35.9 Å². The van der Waals surface area contributed by atoms with Crippen LogP contribution in [-0.2, 0) is 0 Å². The molecule has 4 rings (SSSR count). The van der Waals surface area contributed by atoms with E-state index in [1.807, 2.05) is 0 Å². The van der Waals surface area contributed by atoms with Gasteiger partial charge in [0.2, 0.25) is 0 Å². The smallest absolute Gasteiger partial charge is 0.255 e. The number of pyridine rings is 1. The van der Waals surface area contributed by atoms with E-state index in [-0.39, 0.29) is 11.0 Å². The highest BCUT2D eigenvalue weighted by molar-refractivity contribution is 6.31. The molecule has 4 nitrogen and oxygen atoms in total. The van der Waals surface area contributed by atoms with Crippen molar-refractivity contribution in [3.8, 4) is 0 Å². The number of aromatic nitrogens is 1. The van der Waals surface area contributed by atoms with Gasteiger partial charge in [0.15, 0.2) is 17.1 Å². The summed E-state index contributed by atoms with van der Waals surface area (Å²) in [6, 6.07) is 16.1. The number of hydrogen-bond donors (Lipinski definition) is 2. The SMILES string of the molecule is O=C(NC(c1ccccc1)c1c[nH]c2cc(Cl)ccc2c1=O)c1cccc(F)c1F. The van der Waals surface area contributed by atoms with E-state index in [0.717, 1.165) is 6.07 Å². The summed E-state index contributed by atoms with van der Waals surface area (Å²) in [5.41, 5.74) is 0.655. The Kier molecular flexibility index (Phi) is 5.33. The zero-order valence-corrected chi connectivity index (χ0v) is 16.2. The molecule has 30 heavy (non-hydrogen) atoms. The maximum atomic E-state index is 14.1. The lowest BCUT2D eigenvalue weighted by molar-refractivity contribution is 0.0937. The van der Waals surface area contributed by atoms with Crippen LogP contribution in [0.15, 0.2) is 77.7 Å². The summed E-state index contributed by atoms with van der Waals surface area (Å²) in [7, 11) is 0. The standard InChI is InChI=1S/C23H15ClF2N2O2/c24-14-9-10-15-19(11-14)27-12-17(22(15)29)21(13-5-2-1-3-6-13)28-23(30)16-7-4-8-18(25)20(16)26/h1-12,21H,(H,27,29)(H,28,30). The fourth-order valence-electron chi connectivity index (χ4n) is 3.30. The quantitative estimate of drug-likeness (QED) is 0.485. The molecule has 7 heteroatoms. The van der Waals surface area contributed by atoms with Crippen LogP contribution in [-0.4, -0.2) is 10.9 Å². The first-order valence-corrected chi connectivity index (χ1v) is 9.44. The monoisotopic (exact) mass is 424 g/mol. The second-order valence-corrected chi connectivity index (χ2v) is 7.12. The summed E-state index contributed by atoms with van der Waals surface area (Å²) < 4.78 is 27.7. The van der Waals surface area contributed by atoms with E-state index < -0.39 is 29.1 Å². The number of fused-ring (bicyclic) bond motifs is 1. The van der Waals surface area contributed by atoms with Crippen LogP contribution in [0.3, 0.4) is 0 Å². The van der Waals surface area contributed by atoms with E-state index in [4.69, 9.17) is 11.6 Å². The molecule has 4 aromatic rings. The van der Waals surface area contributed by atoms with Crippen LogP contribution in [0.4, 0.5) is 8.78 Å². The molecule has 2 N–H and O–H groups in total. The van der Waals surface area contributed by atoms with E-state index in [2.05, 4.69) is 10.3 Å². The van der Waals surface area contributed by atoms with Crippen LogP contribution in [0.5, 0.6) is 0 Å². The van der Waals surface area contributed by atoms with Gasteiger partial charge in [-0.15, -0.1) is 0 Å². The fraction of sp³-hybridized carbons (Fsp3) is 0.0435. The van der Waals surface area contributed by atoms with E-state index in [1.165, 1.54) is 18.3 Å². The lowest BCUT2D eigenvalue weighted by Gasteiger charge is -2.20. The van der Waals surface area contributed by atoms with Crippen molar-refractivity contribution in [2.24, 2.45) is 0 Å². The van der Waals surface area contributed by atoms with Crippen LogP contribution in [0.1, 0.15) is 27.5 Å². The predicted molar refractivity (Wildman–Crippen MR) is 112 cm³/mol. The average molecular weight is 425 g/mol. The molecule has 0 aliphatic carbocycles. The van der Waals surface area contributed by atoms with E-state index in [9.17, 15) is 18.4 Å². The van der Waals surface area contributed by atoms with Gasteiger partial charge in [-0.1, -0.05) is 48.0 Å². The van der Waals surface area contributed by atoms with Crippen molar-refractivity contribution in [2.45, 2.75) is 6.04 Å². The van der Waals surface area contributed by atoms with Crippen molar-refractivity contribution in [2.75, 3.05) is 0 Å². The lowest BCUT2D eigenvalue weighted by atomic mass is 9.97. The first-order chi connectivity index (χ1) is 14.5. The highest BCUT2D eigenvalue weighted by atomic mass is 35.5. The lowest BCUT2D eigenvalue weighted by Crippen LogP contribution is -2.33. The van der Waals surface area contributed by atoms with Gasteiger partial charge in [0.1, 0.15) is 0 Å². The van der Waals surface area contributed by atoms with E-state index in [0.29, 0.717) is 21.5 Å². The highest BCUT2D eigenvalue weighted by Gasteiger charge is 2.23. The van der Waals surface area contributed by atoms with Gasteiger partial charge in [0.05, 0.1) is 17.1 Å². The minimum Gasteiger partial charge on any atom is -0.361 e. The molecular weight excluding hydrogens is 410 g/mol. The Morgan fingerprint density at radius 2 is 1.77 bits per heavy atom. The van der Waals surface area contributed by atoms with Crippen LogP contribution in [0.2, 0.25) is 5.02 Å². The van der Waals surface area contributed by atoms with Gasteiger partial charge >= 0.3 is 0 Å². The molecule has 1 amide bonds. The second-order valence-electron chi connectivity index (χ2n) is 6.68. The summed E-state index contributed by atoms with van der Waals surface area (Å²) in [6.45, 7) is 0. The van der Waals surface area contributed by atoms with Gasteiger partial charge in [0, 0.05) is 22.2 Å². The molecule has 0 aliphatic rings. The van der Waals surface area contributed by atoms with Crippen LogP contribution in [0, 0.1) is 11.6 Å². The molecule has 0 radical (unpaired) electrons. The maximum absolute atomic E-state index is 14.1. The number of amides is 1. The normalized spacial score (nSPS) is 12.0. The average Bonchev–Trinajstić information content (AvgIpc) is 2.75. The fourth-order valence-corrected chi connectivity index (χ4v) is 3.47. The number of nitrogens with one attached hydrogen (secondary N) is 2. The number of rotatable bonds is 4. The number of hydrogen-bond acceptors (Lipinski definition) is 2. The van der Waals surface area contributed by atoms with Crippen LogP contribution < -0.4 is 10.7 Å². The Labute approximate surface area is 175 Å².